The van der Waals surface area contributed by atoms with Crippen molar-refractivity contribution in [1.29, 1.82) is 0 Å². The molecule has 0 aromatic rings. The number of ether oxygens (including phenoxy) is 2. The lowest BCUT2D eigenvalue weighted by Gasteiger charge is -2.17. The van der Waals surface area contributed by atoms with Crippen molar-refractivity contribution in [3.05, 3.63) is 0 Å². The smallest absolute Gasteiger partial charge is 0.305 e. The minimum Gasteiger partial charge on any atom is -0.466 e. The molecule has 0 radical (unpaired) electrons. The van der Waals surface area contributed by atoms with Crippen LogP contribution in [-0.4, -0.2) is 31.3 Å². The van der Waals surface area contributed by atoms with Gasteiger partial charge in [-0.2, -0.15) is 0 Å². The topological polar surface area (TPSA) is 61.5 Å². The van der Waals surface area contributed by atoms with Gasteiger partial charge in [0.25, 0.3) is 0 Å². The van der Waals surface area contributed by atoms with E-state index >= 15 is 0 Å². The van der Waals surface area contributed by atoms with Gasteiger partial charge in [-0.1, -0.05) is 0 Å². The number of esters is 1. The Bertz CT molecular complexity index is 163. The highest BCUT2D eigenvalue weighted by Crippen LogP contribution is 1.99. The highest BCUT2D eigenvalue weighted by Gasteiger charge is 2.10. The zero-order valence-electron chi connectivity index (χ0n) is 9.34. The van der Waals surface area contributed by atoms with Crippen molar-refractivity contribution in [1.82, 2.24) is 0 Å². The summed E-state index contributed by atoms with van der Waals surface area (Å²) in [5.41, 5.74) is 5.41. The van der Waals surface area contributed by atoms with E-state index in [2.05, 4.69) is 0 Å². The maximum absolute atomic E-state index is 10.9. The largest absolute Gasteiger partial charge is 0.466 e. The quantitative estimate of drug-likeness (QED) is 0.497. The summed E-state index contributed by atoms with van der Waals surface area (Å²) < 4.78 is 10.1. The summed E-state index contributed by atoms with van der Waals surface area (Å²) in [7, 11) is 0. The van der Waals surface area contributed by atoms with Crippen molar-refractivity contribution < 1.29 is 14.3 Å². The van der Waals surface area contributed by atoms with Crippen LogP contribution in [0.2, 0.25) is 0 Å². The van der Waals surface area contributed by atoms with Crippen LogP contribution in [0.3, 0.4) is 0 Å². The molecule has 0 saturated carbocycles. The van der Waals surface area contributed by atoms with E-state index in [4.69, 9.17) is 15.2 Å². The molecule has 4 heteroatoms. The summed E-state index contributed by atoms with van der Waals surface area (Å²) in [6.45, 7) is 7.10. The molecule has 0 aliphatic heterocycles. The van der Waals surface area contributed by atoms with Gasteiger partial charge in [0.2, 0.25) is 0 Å². The second kappa shape index (κ2) is 6.79. The highest BCUT2D eigenvalue weighted by atomic mass is 16.5. The van der Waals surface area contributed by atoms with Crippen LogP contribution in [0.15, 0.2) is 0 Å². The Kier molecular flexibility index (Phi) is 6.49. The lowest BCUT2D eigenvalue weighted by Crippen LogP contribution is -2.37. The molecule has 0 saturated heterocycles. The minimum atomic E-state index is -0.302. The molecule has 0 aromatic heterocycles. The van der Waals surface area contributed by atoms with E-state index in [0.717, 1.165) is 0 Å². The fourth-order valence-corrected chi connectivity index (χ4v) is 0.887. The van der Waals surface area contributed by atoms with Crippen molar-refractivity contribution in [2.24, 2.45) is 5.73 Å². The van der Waals surface area contributed by atoms with Crippen LogP contribution >= 0.6 is 0 Å². The van der Waals surface area contributed by atoms with Crippen LogP contribution in [0.25, 0.3) is 0 Å². The van der Waals surface area contributed by atoms with Gasteiger partial charge in [0, 0.05) is 18.6 Å². The van der Waals surface area contributed by atoms with Gasteiger partial charge in [-0.15, -0.1) is 0 Å². The van der Waals surface area contributed by atoms with Crippen LogP contribution in [0.5, 0.6) is 0 Å². The van der Waals surface area contributed by atoms with Crippen LogP contribution in [0.1, 0.15) is 33.6 Å². The van der Waals surface area contributed by atoms with Gasteiger partial charge >= 0.3 is 5.97 Å². The van der Waals surface area contributed by atoms with E-state index in [-0.39, 0.29) is 11.5 Å². The monoisotopic (exact) mass is 203 g/mol. The first-order valence-electron chi connectivity index (χ1n) is 4.98. The van der Waals surface area contributed by atoms with Gasteiger partial charge in [0.15, 0.2) is 0 Å². The zero-order valence-corrected chi connectivity index (χ0v) is 9.34. The first-order chi connectivity index (χ1) is 6.45. The Morgan fingerprint density at radius 3 is 2.57 bits per heavy atom. The SMILES string of the molecule is CCOC(=O)CCCOCC(C)(C)N. The molecule has 0 bridgehead atoms. The second-order valence-corrected chi connectivity index (χ2v) is 3.95. The molecule has 4 nitrogen and oxygen atoms in total. The summed E-state index contributed by atoms with van der Waals surface area (Å²) in [5, 5.41) is 0. The molecule has 0 heterocycles. The Hall–Kier alpha value is -0.610. The maximum Gasteiger partial charge on any atom is 0.305 e. The zero-order chi connectivity index (χ0) is 11.0. The normalized spacial score (nSPS) is 11.4. The Morgan fingerprint density at radius 2 is 2.07 bits per heavy atom. The number of hydrogen-bond acceptors (Lipinski definition) is 4. The van der Waals surface area contributed by atoms with Crippen molar-refractivity contribution in [2.45, 2.75) is 39.2 Å². The van der Waals surface area contributed by atoms with E-state index < -0.39 is 0 Å². The molecule has 0 unspecified atom stereocenters. The molecule has 0 aliphatic carbocycles. The van der Waals surface area contributed by atoms with E-state index in [0.29, 0.717) is 32.7 Å². The average Bonchev–Trinajstić information content (AvgIpc) is 2.02. The fraction of sp³-hybridized carbons (Fsp3) is 0.900. The van der Waals surface area contributed by atoms with Crippen molar-refractivity contribution in [3.63, 3.8) is 0 Å². The Morgan fingerprint density at radius 1 is 1.43 bits per heavy atom. The highest BCUT2D eigenvalue weighted by molar-refractivity contribution is 5.69. The van der Waals surface area contributed by atoms with E-state index in [1.54, 1.807) is 6.92 Å². The van der Waals surface area contributed by atoms with E-state index in [9.17, 15) is 4.79 Å². The summed E-state index contributed by atoms with van der Waals surface area (Å²) in [6, 6.07) is 0. The minimum absolute atomic E-state index is 0.164. The fourth-order valence-electron chi connectivity index (χ4n) is 0.887. The third kappa shape index (κ3) is 9.48. The predicted octanol–water partition coefficient (Wildman–Crippen LogP) is 1.08. The van der Waals surface area contributed by atoms with Gasteiger partial charge in [0.05, 0.1) is 13.2 Å². The second-order valence-electron chi connectivity index (χ2n) is 3.95. The lowest BCUT2D eigenvalue weighted by atomic mass is 10.1. The molecule has 0 rings (SSSR count). The number of carbonyl (C=O) groups is 1. The van der Waals surface area contributed by atoms with Crippen molar-refractivity contribution in [2.75, 3.05) is 19.8 Å². The third-order valence-corrected chi connectivity index (χ3v) is 1.45. The summed E-state index contributed by atoms with van der Waals surface area (Å²) in [6.07, 6.45) is 1.10. The van der Waals surface area contributed by atoms with Crippen molar-refractivity contribution in [3.8, 4) is 0 Å². The van der Waals surface area contributed by atoms with Crippen LogP contribution < -0.4 is 5.73 Å². The molecule has 0 atom stereocenters. The number of carbonyl (C=O) groups excluding carboxylic acids is 1. The molecule has 14 heavy (non-hydrogen) atoms. The molecule has 0 fully saturated rings. The Labute approximate surface area is 85.8 Å². The summed E-state index contributed by atoms with van der Waals surface area (Å²) in [5.74, 6) is -0.164. The molecular weight excluding hydrogens is 182 g/mol. The number of rotatable bonds is 7. The summed E-state index contributed by atoms with van der Waals surface area (Å²) >= 11 is 0. The first kappa shape index (κ1) is 13.4. The first-order valence-corrected chi connectivity index (χ1v) is 4.98. The summed E-state index contributed by atoms with van der Waals surface area (Å²) in [4.78, 5) is 10.9. The van der Waals surface area contributed by atoms with Gasteiger partial charge < -0.3 is 15.2 Å². The molecular formula is C10H21NO3. The molecule has 0 aliphatic rings. The molecule has 0 amide bonds. The van der Waals surface area contributed by atoms with Crippen LogP contribution in [-0.2, 0) is 14.3 Å². The van der Waals surface area contributed by atoms with E-state index in [1.807, 2.05) is 13.8 Å². The van der Waals surface area contributed by atoms with Crippen molar-refractivity contribution >= 4 is 5.97 Å². The number of hydrogen-bond donors (Lipinski definition) is 1. The standard InChI is InChI=1S/C10H21NO3/c1-4-14-9(12)6-5-7-13-8-10(2,3)11/h4-8,11H2,1-3H3. The maximum atomic E-state index is 10.9. The van der Waals surface area contributed by atoms with Gasteiger partial charge in [-0.05, 0) is 27.2 Å². The molecule has 2 N–H and O–H groups in total. The van der Waals surface area contributed by atoms with Crippen LogP contribution in [0, 0.1) is 0 Å². The Balaban J connectivity index is 3.26. The molecule has 0 aromatic carbocycles. The van der Waals surface area contributed by atoms with Gasteiger partial charge in [-0.25, -0.2) is 0 Å². The van der Waals surface area contributed by atoms with Gasteiger partial charge in [-0.3, -0.25) is 4.79 Å². The predicted molar refractivity (Wildman–Crippen MR) is 55.0 cm³/mol. The average molecular weight is 203 g/mol. The molecule has 84 valence electrons. The third-order valence-electron chi connectivity index (χ3n) is 1.45. The molecule has 0 spiro atoms. The lowest BCUT2D eigenvalue weighted by molar-refractivity contribution is -0.143. The number of nitrogens with two attached hydrogens (primary N) is 1. The van der Waals surface area contributed by atoms with E-state index in [1.165, 1.54) is 0 Å². The van der Waals surface area contributed by atoms with Gasteiger partial charge in [0.1, 0.15) is 0 Å². The van der Waals surface area contributed by atoms with Crippen LogP contribution in [0.4, 0.5) is 0 Å².